The van der Waals surface area contributed by atoms with Gasteiger partial charge in [0.1, 0.15) is 5.75 Å². The smallest absolute Gasteiger partial charge is 0.299 e. The lowest BCUT2D eigenvalue weighted by Gasteiger charge is -2.21. The van der Waals surface area contributed by atoms with E-state index < -0.39 is 15.7 Å². The van der Waals surface area contributed by atoms with Crippen molar-refractivity contribution in [1.82, 2.24) is 4.72 Å². The molecule has 0 amide bonds. The van der Waals surface area contributed by atoms with Crippen molar-refractivity contribution in [2.45, 2.75) is 33.2 Å². The van der Waals surface area contributed by atoms with Crippen LogP contribution in [0, 0.1) is 6.92 Å². The summed E-state index contributed by atoms with van der Waals surface area (Å²) in [4.78, 5) is 0. The van der Waals surface area contributed by atoms with Crippen molar-refractivity contribution in [3.05, 3.63) is 23.8 Å². The number of phenols is 1. The topological polar surface area (TPSA) is 78.4 Å². The molecule has 0 atom stereocenters. The Morgan fingerprint density at radius 1 is 1.24 bits per heavy atom. The molecule has 5 nitrogen and oxygen atoms in total. The first-order valence-corrected chi connectivity index (χ1v) is 6.69. The Bertz CT molecular complexity index is 504. The number of anilines is 1. The summed E-state index contributed by atoms with van der Waals surface area (Å²) in [5.41, 5.74) is 0.556. The van der Waals surface area contributed by atoms with Crippen LogP contribution < -0.4 is 9.44 Å². The minimum Gasteiger partial charge on any atom is -0.508 e. The fourth-order valence-corrected chi connectivity index (χ4v) is 2.71. The van der Waals surface area contributed by atoms with Crippen molar-refractivity contribution >= 4 is 15.9 Å². The third-order valence-corrected chi connectivity index (χ3v) is 3.26. The lowest BCUT2D eigenvalue weighted by molar-refractivity contribution is 0.475. The van der Waals surface area contributed by atoms with Gasteiger partial charge in [0.05, 0.1) is 5.69 Å². The molecule has 0 aromatic heterocycles. The van der Waals surface area contributed by atoms with Crippen LogP contribution in [0.2, 0.25) is 0 Å². The molecule has 0 aliphatic rings. The van der Waals surface area contributed by atoms with Gasteiger partial charge >= 0.3 is 0 Å². The van der Waals surface area contributed by atoms with Crippen LogP contribution in [-0.2, 0) is 10.2 Å². The molecule has 96 valence electrons. The molecule has 17 heavy (non-hydrogen) atoms. The number of aryl methyl sites for hydroxylation is 1. The summed E-state index contributed by atoms with van der Waals surface area (Å²) in [6, 6.07) is 4.45. The molecule has 3 N–H and O–H groups in total. The lowest BCUT2D eigenvalue weighted by atomic mass is 10.1. The number of hydrogen-bond acceptors (Lipinski definition) is 3. The number of nitrogens with one attached hydrogen (secondary N) is 2. The summed E-state index contributed by atoms with van der Waals surface area (Å²) in [5.74, 6) is 0.106. The van der Waals surface area contributed by atoms with E-state index in [4.69, 9.17) is 0 Å². The summed E-state index contributed by atoms with van der Waals surface area (Å²) in [5, 5.41) is 9.23. The quantitative estimate of drug-likeness (QED) is 0.723. The lowest BCUT2D eigenvalue weighted by Crippen LogP contribution is -2.43. The van der Waals surface area contributed by atoms with Crippen LogP contribution in [0.25, 0.3) is 0 Å². The number of hydrogen-bond donors (Lipinski definition) is 3. The van der Waals surface area contributed by atoms with Crippen LogP contribution in [0.5, 0.6) is 5.75 Å². The molecule has 0 unspecified atom stereocenters. The van der Waals surface area contributed by atoms with Gasteiger partial charge in [-0.05, 0) is 51.5 Å². The molecule has 0 aliphatic heterocycles. The van der Waals surface area contributed by atoms with Gasteiger partial charge in [0, 0.05) is 5.54 Å². The highest BCUT2D eigenvalue weighted by Crippen LogP contribution is 2.21. The van der Waals surface area contributed by atoms with Gasteiger partial charge in [-0.3, -0.25) is 4.72 Å². The third-order valence-electron chi connectivity index (χ3n) is 1.89. The minimum atomic E-state index is -3.61. The van der Waals surface area contributed by atoms with Crippen LogP contribution in [0.4, 0.5) is 5.69 Å². The highest BCUT2D eigenvalue weighted by atomic mass is 32.2. The molecule has 1 aromatic carbocycles. The summed E-state index contributed by atoms with van der Waals surface area (Å²) in [6.45, 7) is 7.00. The molecule has 0 fully saturated rings. The molecule has 6 heteroatoms. The van der Waals surface area contributed by atoms with Crippen LogP contribution in [-0.4, -0.2) is 19.1 Å². The maximum absolute atomic E-state index is 11.8. The Kier molecular flexibility index (Phi) is 3.68. The molecule has 0 spiro atoms. The van der Waals surface area contributed by atoms with Crippen molar-refractivity contribution < 1.29 is 13.5 Å². The molecule has 0 aliphatic carbocycles. The summed E-state index contributed by atoms with van der Waals surface area (Å²) in [6.07, 6.45) is 0. The standard InChI is InChI=1S/C11H18N2O3S/c1-8-7-9(14)5-6-10(8)12-17(15,16)13-11(2,3)4/h5-7,12-14H,1-4H3. The van der Waals surface area contributed by atoms with Gasteiger partial charge in [-0.25, -0.2) is 0 Å². The van der Waals surface area contributed by atoms with Crippen molar-refractivity contribution in [3.63, 3.8) is 0 Å². The predicted octanol–water partition coefficient (Wildman–Crippen LogP) is 1.75. The van der Waals surface area contributed by atoms with E-state index in [1.54, 1.807) is 27.7 Å². The molecule has 0 saturated carbocycles. The van der Waals surface area contributed by atoms with Gasteiger partial charge < -0.3 is 5.11 Å². The van der Waals surface area contributed by atoms with E-state index in [9.17, 15) is 13.5 Å². The van der Waals surface area contributed by atoms with Crippen LogP contribution in [0.15, 0.2) is 18.2 Å². The van der Waals surface area contributed by atoms with Crippen LogP contribution in [0.3, 0.4) is 0 Å². The summed E-state index contributed by atoms with van der Waals surface area (Å²) < 4.78 is 28.4. The Labute approximate surface area is 102 Å². The molecular weight excluding hydrogens is 240 g/mol. The van der Waals surface area contributed by atoms with Gasteiger partial charge in [0.15, 0.2) is 0 Å². The van der Waals surface area contributed by atoms with Gasteiger partial charge in [0.2, 0.25) is 0 Å². The zero-order valence-corrected chi connectivity index (χ0v) is 11.2. The van der Waals surface area contributed by atoms with Crippen LogP contribution in [0.1, 0.15) is 26.3 Å². The van der Waals surface area contributed by atoms with Gasteiger partial charge in [-0.15, -0.1) is 0 Å². The Morgan fingerprint density at radius 3 is 2.29 bits per heavy atom. The fourth-order valence-electron chi connectivity index (χ4n) is 1.34. The zero-order valence-electron chi connectivity index (χ0n) is 10.4. The average Bonchev–Trinajstić information content (AvgIpc) is 2.05. The summed E-state index contributed by atoms with van der Waals surface area (Å²) >= 11 is 0. The normalized spacial score (nSPS) is 12.5. The maximum atomic E-state index is 11.8. The number of benzene rings is 1. The maximum Gasteiger partial charge on any atom is 0.299 e. The highest BCUT2D eigenvalue weighted by molar-refractivity contribution is 7.90. The van der Waals surface area contributed by atoms with E-state index >= 15 is 0 Å². The zero-order chi connectivity index (χ0) is 13.3. The number of rotatable bonds is 3. The second-order valence-electron chi connectivity index (χ2n) is 4.96. The van der Waals surface area contributed by atoms with Crippen molar-refractivity contribution in [1.29, 1.82) is 0 Å². The predicted molar refractivity (Wildman–Crippen MR) is 68.3 cm³/mol. The number of phenolic OH excluding ortho intramolecular Hbond substituents is 1. The van der Waals surface area contributed by atoms with Crippen LogP contribution >= 0.6 is 0 Å². The summed E-state index contributed by atoms with van der Waals surface area (Å²) in [7, 11) is -3.61. The van der Waals surface area contributed by atoms with Crippen molar-refractivity contribution in [2.75, 3.05) is 4.72 Å². The first-order valence-electron chi connectivity index (χ1n) is 5.20. The second-order valence-corrected chi connectivity index (χ2v) is 6.37. The van der Waals surface area contributed by atoms with Gasteiger partial charge in [-0.2, -0.15) is 13.1 Å². The SMILES string of the molecule is Cc1cc(O)ccc1NS(=O)(=O)NC(C)(C)C. The number of aromatic hydroxyl groups is 1. The first-order chi connectivity index (χ1) is 7.59. The first kappa shape index (κ1) is 13.8. The van der Waals surface area contributed by atoms with E-state index in [-0.39, 0.29) is 5.75 Å². The highest BCUT2D eigenvalue weighted by Gasteiger charge is 2.20. The molecule has 0 heterocycles. The fraction of sp³-hybridized carbons (Fsp3) is 0.455. The largest absolute Gasteiger partial charge is 0.508 e. The van der Waals surface area contributed by atoms with E-state index in [0.29, 0.717) is 11.3 Å². The van der Waals surface area contributed by atoms with E-state index in [0.717, 1.165) is 0 Å². The Balaban J connectivity index is 2.91. The monoisotopic (exact) mass is 258 g/mol. The molecule has 1 rings (SSSR count). The Hall–Kier alpha value is -1.27. The Morgan fingerprint density at radius 2 is 1.82 bits per heavy atom. The molecule has 0 saturated heterocycles. The minimum absolute atomic E-state index is 0.106. The molecule has 1 aromatic rings. The van der Waals surface area contributed by atoms with Crippen molar-refractivity contribution in [3.8, 4) is 5.75 Å². The van der Waals surface area contributed by atoms with Gasteiger partial charge in [0.25, 0.3) is 10.2 Å². The van der Waals surface area contributed by atoms with E-state index in [1.165, 1.54) is 18.2 Å². The average molecular weight is 258 g/mol. The van der Waals surface area contributed by atoms with E-state index in [2.05, 4.69) is 9.44 Å². The molecule has 0 bridgehead atoms. The van der Waals surface area contributed by atoms with Gasteiger partial charge in [-0.1, -0.05) is 0 Å². The molecular formula is C11H18N2O3S. The van der Waals surface area contributed by atoms with Crippen molar-refractivity contribution in [2.24, 2.45) is 0 Å². The second kappa shape index (κ2) is 4.54. The molecule has 0 radical (unpaired) electrons. The third kappa shape index (κ3) is 4.62. The van der Waals surface area contributed by atoms with E-state index in [1.807, 2.05) is 0 Å².